The third-order valence-electron chi connectivity index (χ3n) is 5.23. The predicted octanol–water partition coefficient (Wildman–Crippen LogP) is 2.62. The van der Waals surface area contributed by atoms with E-state index >= 15 is 0 Å². The van der Waals surface area contributed by atoms with Gasteiger partial charge in [-0.25, -0.2) is 4.39 Å². The van der Waals surface area contributed by atoms with Gasteiger partial charge in [0.25, 0.3) is 0 Å². The van der Waals surface area contributed by atoms with Gasteiger partial charge in [-0.2, -0.15) is 0 Å². The smallest absolute Gasteiger partial charge is 0.228 e. The average Bonchev–Trinajstić information content (AvgIpc) is 2.95. The molecule has 0 unspecified atom stereocenters. The first kappa shape index (κ1) is 16.9. The summed E-state index contributed by atoms with van der Waals surface area (Å²) in [4.78, 5) is 28.7. The number of nitrogens with zero attached hydrogens (tertiary/aromatic N) is 2. The van der Waals surface area contributed by atoms with Crippen LogP contribution < -0.4 is 0 Å². The molecule has 2 amide bonds. The maximum Gasteiger partial charge on any atom is 0.228 e. The molecule has 4 nitrogen and oxygen atoms in total. The minimum absolute atomic E-state index is 0.0557. The molecule has 24 heavy (non-hydrogen) atoms. The van der Waals surface area contributed by atoms with Crippen molar-refractivity contribution in [3.05, 3.63) is 35.6 Å². The zero-order valence-electron chi connectivity index (χ0n) is 14.2. The van der Waals surface area contributed by atoms with Crippen LogP contribution in [0, 0.1) is 11.7 Å². The Hall–Kier alpha value is -1.91. The van der Waals surface area contributed by atoms with Gasteiger partial charge in [-0.3, -0.25) is 9.59 Å². The lowest BCUT2D eigenvalue weighted by Gasteiger charge is -2.35. The normalized spacial score (nSPS) is 24.5. The summed E-state index contributed by atoms with van der Waals surface area (Å²) in [6.45, 7) is 4.02. The Morgan fingerprint density at radius 3 is 2.71 bits per heavy atom. The average molecular weight is 332 g/mol. The second kappa shape index (κ2) is 7.32. The van der Waals surface area contributed by atoms with E-state index in [0.29, 0.717) is 25.9 Å². The van der Waals surface area contributed by atoms with Crippen LogP contribution in [0.25, 0.3) is 0 Å². The van der Waals surface area contributed by atoms with Gasteiger partial charge in [0.2, 0.25) is 11.8 Å². The number of rotatable bonds is 4. The Morgan fingerprint density at radius 1 is 1.25 bits per heavy atom. The molecule has 0 aliphatic carbocycles. The first-order valence-electron chi connectivity index (χ1n) is 8.87. The van der Waals surface area contributed by atoms with Gasteiger partial charge < -0.3 is 9.80 Å². The molecule has 2 atom stereocenters. The van der Waals surface area contributed by atoms with Gasteiger partial charge in [-0.1, -0.05) is 12.1 Å². The lowest BCUT2D eigenvalue weighted by Crippen LogP contribution is -2.45. The fraction of sp³-hybridized carbons (Fsp3) is 0.579. The summed E-state index contributed by atoms with van der Waals surface area (Å²) in [5.74, 6) is -0.261. The Kier molecular flexibility index (Phi) is 5.17. The van der Waals surface area contributed by atoms with E-state index in [2.05, 4.69) is 6.92 Å². The van der Waals surface area contributed by atoms with Crippen LogP contribution in [-0.2, 0) is 16.0 Å². The number of hydrogen-bond acceptors (Lipinski definition) is 2. The van der Waals surface area contributed by atoms with E-state index in [1.54, 1.807) is 17.0 Å². The third kappa shape index (κ3) is 3.77. The van der Waals surface area contributed by atoms with Crippen molar-refractivity contribution in [3.8, 4) is 0 Å². The van der Waals surface area contributed by atoms with Gasteiger partial charge >= 0.3 is 0 Å². The van der Waals surface area contributed by atoms with Crippen molar-refractivity contribution in [2.24, 2.45) is 5.92 Å². The second-order valence-electron chi connectivity index (χ2n) is 6.99. The van der Waals surface area contributed by atoms with E-state index in [4.69, 9.17) is 0 Å². The van der Waals surface area contributed by atoms with Crippen LogP contribution in [0.15, 0.2) is 24.3 Å². The number of hydrogen-bond donors (Lipinski definition) is 0. The van der Waals surface area contributed by atoms with Crippen LogP contribution in [0.4, 0.5) is 4.39 Å². The summed E-state index contributed by atoms with van der Waals surface area (Å²) in [5.41, 5.74) is 1.00. The maximum absolute atomic E-state index is 12.9. The molecule has 0 N–H and O–H groups in total. The van der Waals surface area contributed by atoms with Crippen LogP contribution in [0.3, 0.4) is 0 Å². The lowest BCUT2D eigenvalue weighted by molar-refractivity contribution is -0.139. The van der Waals surface area contributed by atoms with E-state index in [-0.39, 0.29) is 29.6 Å². The highest BCUT2D eigenvalue weighted by molar-refractivity contribution is 5.89. The Labute approximate surface area is 142 Å². The van der Waals surface area contributed by atoms with Gasteiger partial charge in [0.15, 0.2) is 0 Å². The van der Waals surface area contributed by atoms with Crippen LogP contribution >= 0.6 is 0 Å². The molecule has 0 bridgehead atoms. The zero-order valence-corrected chi connectivity index (χ0v) is 14.2. The van der Waals surface area contributed by atoms with E-state index in [1.807, 2.05) is 4.90 Å². The van der Waals surface area contributed by atoms with Crippen molar-refractivity contribution in [3.63, 3.8) is 0 Å². The summed E-state index contributed by atoms with van der Waals surface area (Å²) in [5, 5.41) is 0. The van der Waals surface area contributed by atoms with Crippen molar-refractivity contribution < 1.29 is 14.0 Å². The summed E-state index contributed by atoms with van der Waals surface area (Å²) in [6, 6.07) is 6.65. The Bertz CT molecular complexity index is 602. The van der Waals surface area contributed by atoms with E-state index in [9.17, 15) is 14.0 Å². The zero-order chi connectivity index (χ0) is 17.1. The second-order valence-corrected chi connectivity index (χ2v) is 6.99. The molecule has 130 valence electrons. The first-order chi connectivity index (χ1) is 11.5. The van der Waals surface area contributed by atoms with Crippen molar-refractivity contribution in [1.82, 2.24) is 9.80 Å². The fourth-order valence-electron chi connectivity index (χ4n) is 3.73. The van der Waals surface area contributed by atoms with Gasteiger partial charge in [-0.05, 0) is 50.3 Å². The van der Waals surface area contributed by atoms with Gasteiger partial charge in [-0.15, -0.1) is 0 Å². The Balaban J connectivity index is 1.55. The Morgan fingerprint density at radius 2 is 2.00 bits per heavy atom. The molecule has 2 aliphatic heterocycles. The quantitative estimate of drug-likeness (QED) is 0.850. The summed E-state index contributed by atoms with van der Waals surface area (Å²) >= 11 is 0. The highest BCUT2D eigenvalue weighted by Gasteiger charge is 2.37. The lowest BCUT2D eigenvalue weighted by atomic mass is 9.99. The largest absolute Gasteiger partial charge is 0.342 e. The summed E-state index contributed by atoms with van der Waals surface area (Å²) < 4.78 is 12.9. The number of benzene rings is 1. The SMILES string of the molecule is C[C@@H]1CCCCN1C(=O)[C@@H]1CC(=O)N(CCc2ccc(F)cc2)C1. The van der Waals surface area contributed by atoms with Crippen molar-refractivity contribution in [2.75, 3.05) is 19.6 Å². The molecular weight excluding hydrogens is 307 g/mol. The van der Waals surface area contributed by atoms with E-state index < -0.39 is 0 Å². The van der Waals surface area contributed by atoms with Crippen LogP contribution in [0.1, 0.15) is 38.2 Å². The predicted molar refractivity (Wildman–Crippen MR) is 89.8 cm³/mol. The summed E-state index contributed by atoms with van der Waals surface area (Å²) in [7, 11) is 0. The number of amides is 2. The van der Waals surface area contributed by atoms with E-state index in [1.165, 1.54) is 18.6 Å². The number of piperidine rings is 1. The molecule has 2 fully saturated rings. The van der Waals surface area contributed by atoms with Crippen LogP contribution in [0.5, 0.6) is 0 Å². The first-order valence-corrected chi connectivity index (χ1v) is 8.87. The number of halogens is 1. The highest BCUT2D eigenvalue weighted by Crippen LogP contribution is 2.25. The van der Waals surface area contributed by atoms with Crippen LogP contribution in [0.2, 0.25) is 0 Å². The molecule has 5 heteroatoms. The molecule has 2 aliphatic rings. The van der Waals surface area contributed by atoms with Crippen molar-refractivity contribution in [1.29, 1.82) is 0 Å². The molecule has 0 saturated carbocycles. The van der Waals surface area contributed by atoms with Gasteiger partial charge in [0.1, 0.15) is 5.82 Å². The van der Waals surface area contributed by atoms with E-state index in [0.717, 1.165) is 24.9 Å². The minimum atomic E-state index is -0.252. The number of carbonyl (C=O) groups excluding carboxylic acids is 2. The van der Waals surface area contributed by atoms with Crippen LogP contribution in [-0.4, -0.2) is 47.3 Å². The van der Waals surface area contributed by atoms with Crippen molar-refractivity contribution >= 4 is 11.8 Å². The molecule has 0 aromatic heterocycles. The molecule has 1 aromatic carbocycles. The molecule has 2 saturated heterocycles. The molecule has 0 spiro atoms. The molecule has 1 aromatic rings. The third-order valence-corrected chi connectivity index (χ3v) is 5.23. The van der Waals surface area contributed by atoms with Crippen molar-refractivity contribution in [2.45, 2.75) is 45.1 Å². The molecule has 0 radical (unpaired) electrons. The monoisotopic (exact) mass is 332 g/mol. The molecule has 2 heterocycles. The standard InChI is InChI=1S/C19H25FN2O2/c1-14-4-2-3-10-22(14)19(24)16-12-18(23)21(13-16)11-9-15-5-7-17(20)8-6-15/h5-8,14,16H,2-4,9-13H2,1H3/t14-,16-/m1/s1. The highest BCUT2D eigenvalue weighted by atomic mass is 19.1. The minimum Gasteiger partial charge on any atom is -0.342 e. The molecule has 3 rings (SSSR count). The van der Waals surface area contributed by atoms with Gasteiger partial charge in [0.05, 0.1) is 5.92 Å². The fourth-order valence-corrected chi connectivity index (χ4v) is 3.73. The molecular formula is C19H25FN2O2. The van der Waals surface area contributed by atoms with Gasteiger partial charge in [0, 0.05) is 32.1 Å². The number of likely N-dealkylation sites (tertiary alicyclic amines) is 2. The topological polar surface area (TPSA) is 40.6 Å². The number of carbonyl (C=O) groups is 2. The summed E-state index contributed by atoms with van der Waals surface area (Å²) in [6.07, 6.45) is 4.31. The maximum atomic E-state index is 12.9.